The average Bonchev–Trinajstić information content (AvgIpc) is 2.25. The van der Waals surface area contributed by atoms with Crippen molar-refractivity contribution in [1.82, 2.24) is 0 Å². The number of aliphatic hydroxyl groups excluding tert-OH is 1. The van der Waals surface area contributed by atoms with E-state index in [1.165, 1.54) is 5.56 Å². The average molecular weight is 227 g/mol. The summed E-state index contributed by atoms with van der Waals surface area (Å²) < 4.78 is 5.36. The number of rotatable bonds is 2. The van der Waals surface area contributed by atoms with Gasteiger partial charge in [0.05, 0.1) is 12.7 Å². The zero-order valence-corrected chi connectivity index (χ0v) is 9.28. The highest BCUT2D eigenvalue weighted by Gasteiger charge is 2.23. The minimum Gasteiger partial charge on any atom is -0.393 e. The maximum Gasteiger partial charge on any atom is 0.0615 e. The van der Waals surface area contributed by atoms with Crippen molar-refractivity contribution in [3.05, 3.63) is 34.9 Å². The Morgan fingerprint density at radius 3 is 2.73 bits per heavy atom. The molecule has 1 N–H and O–H groups in total. The molecule has 1 saturated heterocycles. The maximum absolute atomic E-state index is 9.78. The van der Waals surface area contributed by atoms with Gasteiger partial charge in [0.25, 0.3) is 0 Å². The lowest BCUT2D eigenvalue weighted by atomic mass is 9.92. The Hall–Kier alpha value is -0.570. The van der Waals surface area contributed by atoms with Crippen LogP contribution in [-0.2, 0) is 11.2 Å². The molecule has 0 radical (unpaired) electrons. The lowest BCUT2D eigenvalue weighted by Crippen LogP contribution is -2.33. The van der Waals surface area contributed by atoms with Gasteiger partial charge in [0.2, 0.25) is 0 Å². The molecule has 2 rings (SSSR count). The highest BCUT2D eigenvalue weighted by atomic mass is 35.5. The molecule has 0 amide bonds. The van der Waals surface area contributed by atoms with Crippen molar-refractivity contribution in [2.24, 2.45) is 5.92 Å². The summed E-state index contributed by atoms with van der Waals surface area (Å²) in [6.07, 6.45) is 1.38. The van der Waals surface area contributed by atoms with E-state index in [2.05, 4.69) is 0 Å². The Morgan fingerprint density at radius 1 is 1.33 bits per heavy atom. The number of hydrogen-bond acceptors (Lipinski definition) is 2. The molecule has 1 aromatic rings. The van der Waals surface area contributed by atoms with E-state index in [4.69, 9.17) is 16.3 Å². The van der Waals surface area contributed by atoms with Crippen molar-refractivity contribution in [3.8, 4) is 0 Å². The van der Waals surface area contributed by atoms with E-state index in [0.717, 1.165) is 17.9 Å². The number of ether oxygens (including phenoxy) is 1. The van der Waals surface area contributed by atoms with Gasteiger partial charge in [0.15, 0.2) is 0 Å². The summed E-state index contributed by atoms with van der Waals surface area (Å²) in [5.41, 5.74) is 1.20. The fourth-order valence-electron chi connectivity index (χ4n) is 1.90. The second-order valence-corrected chi connectivity index (χ2v) is 4.46. The number of benzene rings is 1. The van der Waals surface area contributed by atoms with Crippen molar-refractivity contribution in [2.75, 3.05) is 13.2 Å². The topological polar surface area (TPSA) is 29.5 Å². The normalized spacial score (nSPS) is 26.5. The lowest BCUT2D eigenvalue weighted by molar-refractivity contribution is -0.0350. The van der Waals surface area contributed by atoms with Gasteiger partial charge in [-0.2, -0.15) is 0 Å². The molecule has 1 fully saturated rings. The van der Waals surface area contributed by atoms with Crippen LogP contribution in [0.15, 0.2) is 24.3 Å². The molecule has 0 saturated carbocycles. The first-order valence-corrected chi connectivity index (χ1v) is 5.64. The molecule has 0 spiro atoms. The minimum absolute atomic E-state index is 0.222. The van der Waals surface area contributed by atoms with Gasteiger partial charge in [-0.05, 0) is 30.5 Å². The van der Waals surface area contributed by atoms with Gasteiger partial charge in [-0.1, -0.05) is 23.7 Å². The minimum atomic E-state index is -0.227. The Balaban J connectivity index is 1.98. The lowest BCUT2D eigenvalue weighted by Gasteiger charge is -2.27. The summed E-state index contributed by atoms with van der Waals surface area (Å²) in [5, 5.41) is 10.5. The molecule has 0 aliphatic carbocycles. The van der Waals surface area contributed by atoms with E-state index in [0.29, 0.717) is 13.2 Å². The predicted molar refractivity (Wildman–Crippen MR) is 60.1 cm³/mol. The van der Waals surface area contributed by atoms with Crippen LogP contribution in [0, 0.1) is 5.92 Å². The Bertz CT molecular complexity index is 310. The third-order valence-electron chi connectivity index (χ3n) is 2.85. The van der Waals surface area contributed by atoms with Crippen LogP contribution in [0.3, 0.4) is 0 Å². The smallest absolute Gasteiger partial charge is 0.0615 e. The Kier molecular flexibility index (Phi) is 3.62. The molecule has 1 heterocycles. The monoisotopic (exact) mass is 226 g/mol. The molecule has 1 aliphatic heterocycles. The second kappa shape index (κ2) is 4.97. The Morgan fingerprint density at radius 2 is 2.07 bits per heavy atom. The summed E-state index contributed by atoms with van der Waals surface area (Å²) in [6.45, 7) is 1.34. The summed E-state index contributed by atoms with van der Waals surface area (Å²) >= 11 is 5.81. The zero-order valence-electron chi connectivity index (χ0n) is 8.53. The molecule has 0 aromatic heterocycles. The zero-order chi connectivity index (χ0) is 10.7. The van der Waals surface area contributed by atoms with Gasteiger partial charge in [-0.3, -0.25) is 0 Å². The van der Waals surface area contributed by atoms with Crippen LogP contribution in [0.5, 0.6) is 0 Å². The number of hydrogen-bond donors (Lipinski definition) is 1. The fraction of sp³-hybridized carbons (Fsp3) is 0.500. The van der Waals surface area contributed by atoms with Crippen LogP contribution in [-0.4, -0.2) is 24.4 Å². The van der Waals surface area contributed by atoms with Crippen LogP contribution in [0.4, 0.5) is 0 Å². The van der Waals surface area contributed by atoms with E-state index in [1.807, 2.05) is 24.3 Å². The summed E-state index contributed by atoms with van der Waals surface area (Å²) in [6, 6.07) is 7.77. The molecule has 2 atom stereocenters. The molecular formula is C12H15ClO2. The van der Waals surface area contributed by atoms with Crippen molar-refractivity contribution in [2.45, 2.75) is 18.9 Å². The predicted octanol–water partition coefficient (Wildman–Crippen LogP) is 2.28. The van der Waals surface area contributed by atoms with Crippen LogP contribution in [0.25, 0.3) is 0 Å². The third kappa shape index (κ3) is 2.94. The highest BCUT2D eigenvalue weighted by Crippen LogP contribution is 2.20. The summed E-state index contributed by atoms with van der Waals surface area (Å²) in [5.74, 6) is 0.222. The van der Waals surface area contributed by atoms with Crippen molar-refractivity contribution < 1.29 is 9.84 Å². The summed E-state index contributed by atoms with van der Waals surface area (Å²) in [4.78, 5) is 0. The Labute approximate surface area is 94.8 Å². The van der Waals surface area contributed by atoms with E-state index in [1.54, 1.807) is 0 Å². The van der Waals surface area contributed by atoms with E-state index in [-0.39, 0.29) is 12.0 Å². The molecule has 1 aliphatic rings. The quantitative estimate of drug-likeness (QED) is 0.839. The van der Waals surface area contributed by atoms with Crippen LogP contribution in [0.2, 0.25) is 5.02 Å². The first-order valence-electron chi connectivity index (χ1n) is 5.26. The van der Waals surface area contributed by atoms with Gasteiger partial charge in [-0.15, -0.1) is 0 Å². The highest BCUT2D eigenvalue weighted by molar-refractivity contribution is 6.30. The van der Waals surface area contributed by atoms with Gasteiger partial charge in [0, 0.05) is 17.5 Å². The first-order chi connectivity index (χ1) is 7.25. The molecular weight excluding hydrogens is 212 g/mol. The second-order valence-electron chi connectivity index (χ2n) is 4.02. The summed E-state index contributed by atoms with van der Waals surface area (Å²) in [7, 11) is 0. The molecule has 15 heavy (non-hydrogen) atoms. The molecule has 0 bridgehead atoms. The standard InChI is InChI=1S/C12H15ClO2/c13-11-3-1-9(2-4-11)7-10-8-15-6-5-12(10)14/h1-4,10,12,14H,5-8H2. The SMILES string of the molecule is OC1CCOCC1Cc1ccc(Cl)cc1. The maximum atomic E-state index is 9.78. The first kappa shape index (κ1) is 10.9. The van der Waals surface area contributed by atoms with Crippen LogP contribution >= 0.6 is 11.6 Å². The van der Waals surface area contributed by atoms with Crippen molar-refractivity contribution in [3.63, 3.8) is 0 Å². The third-order valence-corrected chi connectivity index (χ3v) is 3.10. The van der Waals surface area contributed by atoms with E-state index < -0.39 is 0 Å². The van der Waals surface area contributed by atoms with Crippen LogP contribution < -0.4 is 0 Å². The fourth-order valence-corrected chi connectivity index (χ4v) is 2.03. The van der Waals surface area contributed by atoms with E-state index >= 15 is 0 Å². The molecule has 1 aromatic carbocycles. The number of aliphatic hydroxyl groups is 1. The largest absolute Gasteiger partial charge is 0.393 e. The van der Waals surface area contributed by atoms with Crippen LogP contribution in [0.1, 0.15) is 12.0 Å². The van der Waals surface area contributed by atoms with Gasteiger partial charge < -0.3 is 9.84 Å². The van der Waals surface area contributed by atoms with Gasteiger partial charge >= 0.3 is 0 Å². The van der Waals surface area contributed by atoms with Gasteiger partial charge in [-0.25, -0.2) is 0 Å². The number of halogens is 1. The van der Waals surface area contributed by atoms with Gasteiger partial charge in [0.1, 0.15) is 0 Å². The molecule has 2 nitrogen and oxygen atoms in total. The molecule has 3 heteroatoms. The van der Waals surface area contributed by atoms with E-state index in [9.17, 15) is 5.11 Å². The molecule has 2 unspecified atom stereocenters. The van der Waals surface area contributed by atoms with Crippen molar-refractivity contribution in [1.29, 1.82) is 0 Å². The molecule has 82 valence electrons. The van der Waals surface area contributed by atoms with Crippen molar-refractivity contribution >= 4 is 11.6 Å².